The lowest BCUT2D eigenvalue weighted by Gasteiger charge is -2.04. The molecule has 0 unspecified atom stereocenters. The van der Waals surface area contributed by atoms with Crippen LogP contribution in [0.15, 0.2) is 24.3 Å². The lowest BCUT2D eigenvalue weighted by Crippen LogP contribution is -2.06. The van der Waals surface area contributed by atoms with Crippen LogP contribution in [0.2, 0.25) is 0 Å². The highest BCUT2D eigenvalue weighted by Crippen LogP contribution is 2.24. The van der Waals surface area contributed by atoms with E-state index in [1.54, 1.807) is 0 Å². The van der Waals surface area contributed by atoms with Crippen LogP contribution in [-0.4, -0.2) is 25.7 Å². The van der Waals surface area contributed by atoms with Gasteiger partial charge in [-0.1, -0.05) is 24.3 Å². The van der Waals surface area contributed by atoms with Crippen LogP contribution in [0.5, 0.6) is 0 Å². The summed E-state index contributed by atoms with van der Waals surface area (Å²) in [6, 6.07) is 8.26. The van der Waals surface area contributed by atoms with Crippen LogP contribution in [0.4, 0.5) is 0 Å². The van der Waals surface area contributed by atoms with Crippen LogP contribution >= 0.6 is 0 Å². The van der Waals surface area contributed by atoms with E-state index in [0.29, 0.717) is 6.54 Å². The SMILES string of the molecule is Cc1ccccc1-c1nn2c(CCN)c(C)nc2n1C. The first-order valence-electron chi connectivity index (χ1n) is 6.80. The molecule has 0 atom stereocenters. The third-order valence-corrected chi connectivity index (χ3v) is 3.71. The fourth-order valence-electron chi connectivity index (χ4n) is 2.60. The first-order valence-corrected chi connectivity index (χ1v) is 6.80. The van der Waals surface area contributed by atoms with Gasteiger partial charge in [0.15, 0.2) is 5.82 Å². The number of fused-ring (bicyclic) bond motifs is 1. The number of rotatable bonds is 3. The van der Waals surface area contributed by atoms with Crippen LogP contribution in [0.3, 0.4) is 0 Å². The van der Waals surface area contributed by atoms with Crippen molar-refractivity contribution in [1.29, 1.82) is 0 Å². The summed E-state index contributed by atoms with van der Waals surface area (Å²) in [5, 5.41) is 4.74. The van der Waals surface area contributed by atoms with Crippen molar-refractivity contribution in [3.8, 4) is 11.4 Å². The van der Waals surface area contributed by atoms with Crippen molar-refractivity contribution in [2.45, 2.75) is 20.3 Å². The summed E-state index contributed by atoms with van der Waals surface area (Å²) >= 11 is 0. The van der Waals surface area contributed by atoms with Crippen LogP contribution in [0, 0.1) is 13.8 Å². The predicted octanol–water partition coefficient (Wildman–Crippen LogP) is 1.85. The predicted molar refractivity (Wildman–Crippen MR) is 79.6 cm³/mol. The van der Waals surface area contributed by atoms with Crippen molar-refractivity contribution in [3.63, 3.8) is 0 Å². The zero-order valence-corrected chi connectivity index (χ0v) is 12.1. The van der Waals surface area contributed by atoms with E-state index >= 15 is 0 Å². The van der Waals surface area contributed by atoms with Gasteiger partial charge in [-0.15, -0.1) is 5.10 Å². The highest BCUT2D eigenvalue weighted by Gasteiger charge is 2.17. The Bertz CT molecular complexity index is 766. The molecule has 2 N–H and O–H groups in total. The highest BCUT2D eigenvalue weighted by molar-refractivity contribution is 5.62. The standard InChI is InChI=1S/C15H19N5/c1-10-6-4-5-7-12(10)14-18-20-13(8-9-16)11(2)17-15(20)19(14)3/h4-7H,8-9,16H2,1-3H3. The van der Waals surface area contributed by atoms with Gasteiger partial charge in [0.1, 0.15) is 0 Å². The Morgan fingerprint density at radius 1 is 1.20 bits per heavy atom. The van der Waals surface area contributed by atoms with Crippen molar-refractivity contribution in [1.82, 2.24) is 19.2 Å². The summed E-state index contributed by atoms with van der Waals surface area (Å²) < 4.78 is 3.96. The van der Waals surface area contributed by atoms with Crippen molar-refractivity contribution in [3.05, 3.63) is 41.2 Å². The molecule has 0 fully saturated rings. The molecule has 20 heavy (non-hydrogen) atoms. The molecule has 2 aromatic heterocycles. The quantitative estimate of drug-likeness (QED) is 0.789. The topological polar surface area (TPSA) is 61.1 Å². The molecule has 0 amide bonds. The van der Waals surface area contributed by atoms with E-state index in [1.165, 1.54) is 5.56 Å². The van der Waals surface area contributed by atoms with Crippen LogP contribution in [-0.2, 0) is 13.5 Å². The summed E-state index contributed by atoms with van der Waals surface area (Å²) in [7, 11) is 2.00. The van der Waals surface area contributed by atoms with Gasteiger partial charge in [0.05, 0.1) is 11.4 Å². The molecular formula is C15H19N5. The molecule has 0 aliphatic heterocycles. The first-order chi connectivity index (χ1) is 9.63. The summed E-state index contributed by atoms with van der Waals surface area (Å²) in [4.78, 5) is 4.61. The third kappa shape index (κ3) is 1.82. The van der Waals surface area contributed by atoms with E-state index in [-0.39, 0.29) is 0 Å². The molecule has 5 heteroatoms. The Balaban J connectivity index is 2.24. The number of aromatic nitrogens is 4. The molecule has 0 saturated carbocycles. The molecule has 0 saturated heterocycles. The maximum absolute atomic E-state index is 5.68. The maximum Gasteiger partial charge on any atom is 0.232 e. The molecule has 0 aliphatic rings. The second-order valence-electron chi connectivity index (χ2n) is 5.09. The Hall–Kier alpha value is -2.14. The molecule has 2 heterocycles. The minimum absolute atomic E-state index is 0.602. The largest absolute Gasteiger partial charge is 0.330 e. The molecule has 0 aliphatic carbocycles. The molecule has 3 aromatic rings. The Kier molecular flexibility index (Phi) is 3.06. The molecule has 0 radical (unpaired) electrons. The fraction of sp³-hybridized carbons (Fsp3) is 0.333. The lowest BCUT2D eigenvalue weighted by atomic mass is 10.1. The molecule has 3 rings (SSSR count). The van der Waals surface area contributed by atoms with E-state index < -0.39 is 0 Å². The summed E-state index contributed by atoms with van der Waals surface area (Å²) in [5.74, 6) is 1.80. The number of benzene rings is 1. The van der Waals surface area contributed by atoms with Gasteiger partial charge in [-0.05, 0) is 26.0 Å². The molecule has 0 bridgehead atoms. The Morgan fingerprint density at radius 3 is 2.65 bits per heavy atom. The van der Waals surface area contributed by atoms with Crippen LogP contribution < -0.4 is 5.73 Å². The highest BCUT2D eigenvalue weighted by atomic mass is 15.4. The second kappa shape index (κ2) is 4.76. The van der Waals surface area contributed by atoms with Gasteiger partial charge in [-0.3, -0.25) is 4.57 Å². The zero-order chi connectivity index (χ0) is 14.3. The Morgan fingerprint density at radius 2 is 1.95 bits per heavy atom. The number of imidazole rings is 1. The minimum atomic E-state index is 0.602. The maximum atomic E-state index is 5.68. The number of hydrogen-bond donors (Lipinski definition) is 1. The molecular weight excluding hydrogens is 250 g/mol. The second-order valence-corrected chi connectivity index (χ2v) is 5.09. The van der Waals surface area contributed by atoms with E-state index in [9.17, 15) is 0 Å². The summed E-state index contributed by atoms with van der Waals surface area (Å²) in [5.41, 5.74) is 10.1. The van der Waals surface area contributed by atoms with Crippen molar-refractivity contribution in [2.75, 3.05) is 6.54 Å². The van der Waals surface area contributed by atoms with Gasteiger partial charge >= 0.3 is 0 Å². The smallest absolute Gasteiger partial charge is 0.232 e. The molecule has 1 aromatic carbocycles. The number of hydrogen-bond acceptors (Lipinski definition) is 3. The molecule has 0 spiro atoms. The minimum Gasteiger partial charge on any atom is -0.330 e. The van der Waals surface area contributed by atoms with Gasteiger partial charge in [0, 0.05) is 19.0 Å². The third-order valence-electron chi connectivity index (χ3n) is 3.71. The van der Waals surface area contributed by atoms with Crippen molar-refractivity contribution >= 4 is 5.78 Å². The molecule has 5 nitrogen and oxygen atoms in total. The average Bonchev–Trinajstić information content (AvgIpc) is 2.90. The van der Waals surface area contributed by atoms with Crippen LogP contribution in [0.25, 0.3) is 17.2 Å². The van der Waals surface area contributed by atoms with E-state index in [1.807, 2.05) is 35.2 Å². The summed E-state index contributed by atoms with van der Waals surface area (Å²) in [6.45, 7) is 4.71. The van der Waals surface area contributed by atoms with Crippen LogP contribution in [0.1, 0.15) is 17.0 Å². The fourth-order valence-corrected chi connectivity index (χ4v) is 2.60. The average molecular weight is 269 g/mol. The van der Waals surface area contributed by atoms with E-state index in [4.69, 9.17) is 10.8 Å². The monoisotopic (exact) mass is 269 g/mol. The Labute approximate surface area is 118 Å². The van der Waals surface area contributed by atoms with Gasteiger partial charge in [0.2, 0.25) is 5.78 Å². The van der Waals surface area contributed by atoms with Crippen molar-refractivity contribution in [2.24, 2.45) is 12.8 Å². The summed E-state index contributed by atoms with van der Waals surface area (Å²) in [6.07, 6.45) is 0.789. The number of nitrogens with two attached hydrogens (primary N) is 1. The number of aryl methyl sites for hydroxylation is 3. The van der Waals surface area contributed by atoms with Gasteiger partial charge in [0.25, 0.3) is 0 Å². The number of nitrogens with zero attached hydrogens (tertiary/aromatic N) is 4. The molecule has 104 valence electrons. The van der Waals surface area contributed by atoms with E-state index in [0.717, 1.165) is 35.0 Å². The van der Waals surface area contributed by atoms with E-state index in [2.05, 4.69) is 24.0 Å². The van der Waals surface area contributed by atoms with Gasteiger partial charge in [-0.2, -0.15) is 0 Å². The normalized spacial score (nSPS) is 11.4. The van der Waals surface area contributed by atoms with Gasteiger partial charge in [-0.25, -0.2) is 9.50 Å². The van der Waals surface area contributed by atoms with Crippen molar-refractivity contribution < 1.29 is 0 Å². The van der Waals surface area contributed by atoms with Gasteiger partial charge < -0.3 is 5.73 Å². The lowest BCUT2D eigenvalue weighted by molar-refractivity contribution is 0.835. The first kappa shape index (κ1) is 12.9. The zero-order valence-electron chi connectivity index (χ0n) is 12.1.